The van der Waals surface area contributed by atoms with Gasteiger partial charge in [-0.25, -0.2) is 4.79 Å². The number of unbranched alkanes of at least 4 members (excludes halogenated alkanes) is 8. The van der Waals surface area contributed by atoms with Crippen molar-refractivity contribution in [1.82, 2.24) is 0 Å². The molecule has 0 saturated heterocycles. The van der Waals surface area contributed by atoms with E-state index in [-0.39, 0.29) is 13.0 Å². The van der Waals surface area contributed by atoms with E-state index in [2.05, 4.69) is 13.8 Å². The molecule has 152 valence electrons. The van der Waals surface area contributed by atoms with Gasteiger partial charge in [-0.2, -0.15) is 0 Å². The lowest BCUT2D eigenvalue weighted by molar-refractivity contribution is -0.171. The molecule has 0 rings (SSSR count). The van der Waals surface area contributed by atoms with E-state index in [0.717, 1.165) is 57.8 Å². The second-order valence-electron chi connectivity index (χ2n) is 6.52. The van der Waals surface area contributed by atoms with Crippen LogP contribution in [0.25, 0.3) is 0 Å². The van der Waals surface area contributed by atoms with Crippen molar-refractivity contribution < 1.29 is 28.6 Å². The molecule has 6 nitrogen and oxygen atoms in total. The minimum Gasteiger partial charge on any atom is -0.466 e. The Kier molecular flexibility index (Phi) is 15.8. The first-order valence-corrected chi connectivity index (χ1v) is 10.0. The fourth-order valence-electron chi connectivity index (χ4n) is 2.45. The molecule has 0 saturated carbocycles. The summed E-state index contributed by atoms with van der Waals surface area (Å²) in [6.07, 6.45) is 8.89. The molecule has 0 aliphatic carbocycles. The fourth-order valence-corrected chi connectivity index (χ4v) is 2.45. The van der Waals surface area contributed by atoms with E-state index in [0.29, 0.717) is 6.61 Å². The molecular formula is C20H36O6. The van der Waals surface area contributed by atoms with Crippen molar-refractivity contribution in [3.05, 3.63) is 0 Å². The average molecular weight is 373 g/mol. The smallest absolute Gasteiger partial charge is 0.348 e. The minimum atomic E-state index is -1.23. The molecule has 0 aliphatic rings. The first-order chi connectivity index (χ1) is 12.5. The molecule has 6 heteroatoms. The highest BCUT2D eigenvalue weighted by molar-refractivity contribution is 5.84. The van der Waals surface area contributed by atoms with E-state index < -0.39 is 24.0 Å². The summed E-state index contributed by atoms with van der Waals surface area (Å²) in [5.74, 6) is -1.86. The maximum absolute atomic E-state index is 12.0. The zero-order chi connectivity index (χ0) is 19.6. The molecule has 1 atom stereocenters. The number of rotatable bonds is 16. The standard InChI is InChI=1S/C20H36O6/c1-4-6-8-10-12-14-24-19(22)16-18(26-17(3)21)20(23)25-15-13-11-9-7-5-2/h18H,4-16H2,1-3H3/t18-/m0/s1. The molecule has 0 aliphatic heterocycles. The summed E-state index contributed by atoms with van der Waals surface area (Å²) in [5, 5.41) is 0. The Hall–Kier alpha value is -1.59. The lowest BCUT2D eigenvalue weighted by Crippen LogP contribution is -2.31. The summed E-state index contributed by atoms with van der Waals surface area (Å²) in [5.41, 5.74) is 0. The Morgan fingerprint density at radius 2 is 1.23 bits per heavy atom. The highest BCUT2D eigenvalue weighted by atomic mass is 16.6. The Balaban J connectivity index is 4.10. The predicted octanol–water partition coefficient (Wildman–Crippen LogP) is 4.34. The Morgan fingerprint density at radius 1 is 0.731 bits per heavy atom. The molecule has 0 amide bonds. The first-order valence-electron chi connectivity index (χ1n) is 10.0. The van der Waals surface area contributed by atoms with E-state index in [1.54, 1.807) is 0 Å². The van der Waals surface area contributed by atoms with Crippen LogP contribution in [0.1, 0.15) is 91.4 Å². The molecule has 0 N–H and O–H groups in total. The van der Waals surface area contributed by atoms with Crippen molar-refractivity contribution in [2.45, 2.75) is 97.5 Å². The van der Waals surface area contributed by atoms with Gasteiger partial charge in [0.25, 0.3) is 0 Å². The Morgan fingerprint density at radius 3 is 1.73 bits per heavy atom. The molecule has 0 aromatic rings. The third-order valence-electron chi connectivity index (χ3n) is 3.93. The third kappa shape index (κ3) is 14.7. The van der Waals surface area contributed by atoms with Crippen LogP contribution in [0.2, 0.25) is 0 Å². The topological polar surface area (TPSA) is 78.9 Å². The summed E-state index contributed by atoms with van der Waals surface area (Å²) in [7, 11) is 0. The lowest BCUT2D eigenvalue weighted by atomic mass is 10.2. The maximum atomic E-state index is 12.0. The van der Waals surface area contributed by atoms with Gasteiger partial charge in [-0.05, 0) is 12.8 Å². The zero-order valence-corrected chi connectivity index (χ0v) is 16.7. The molecule has 0 aromatic carbocycles. The van der Waals surface area contributed by atoms with E-state index in [1.807, 2.05) is 0 Å². The van der Waals surface area contributed by atoms with E-state index in [9.17, 15) is 14.4 Å². The number of carbonyl (C=O) groups is 3. The van der Waals surface area contributed by atoms with Gasteiger partial charge in [-0.1, -0.05) is 65.2 Å². The van der Waals surface area contributed by atoms with Crippen LogP contribution in [-0.4, -0.2) is 37.2 Å². The van der Waals surface area contributed by atoms with Crippen LogP contribution in [0, 0.1) is 0 Å². The number of esters is 3. The van der Waals surface area contributed by atoms with Crippen LogP contribution >= 0.6 is 0 Å². The van der Waals surface area contributed by atoms with Gasteiger partial charge in [0.05, 0.1) is 19.6 Å². The van der Waals surface area contributed by atoms with E-state index in [1.165, 1.54) is 13.3 Å². The largest absolute Gasteiger partial charge is 0.466 e. The van der Waals surface area contributed by atoms with Crippen molar-refractivity contribution in [2.24, 2.45) is 0 Å². The number of ether oxygens (including phenoxy) is 3. The van der Waals surface area contributed by atoms with Crippen molar-refractivity contribution in [1.29, 1.82) is 0 Å². The number of carbonyl (C=O) groups excluding carboxylic acids is 3. The van der Waals surface area contributed by atoms with Crippen molar-refractivity contribution >= 4 is 17.9 Å². The molecule has 0 bridgehead atoms. The van der Waals surface area contributed by atoms with Gasteiger partial charge in [-0.3, -0.25) is 9.59 Å². The zero-order valence-electron chi connectivity index (χ0n) is 16.7. The molecule has 26 heavy (non-hydrogen) atoms. The summed E-state index contributed by atoms with van der Waals surface area (Å²) < 4.78 is 15.2. The number of hydrogen-bond acceptors (Lipinski definition) is 6. The van der Waals surface area contributed by atoms with Gasteiger partial charge in [0.2, 0.25) is 6.10 Å². The number of hydrogen-bond donors (Lipinski definition) is 0. The Bertz CT molecular complexity index is 394. The minimum absolute atomic E-state index is 0.271. The fraction of sp³-hybridized carbons (Fsp3) is 0.850. The summed E-state index contributed by atoms with van der Waals surface area (Å²) >= 11 is 0. The van der Waals surface area contributed by atoms with E-state index >= 15 is 0 Å². The van der Waals surface area contributed by atoms with Gasteiger partial charge in [0.15, 0.2) is 0 Å². The van der Waals surface area contributed by atoms with Crippen LogP contribution in [0.3, 0.4) is 0 Å². The highest BCUT2D eigenvalue weighted by Crippen LogP contribution is 2.08. The Labute approximate surface area is 157 Å². The predicted molar refractivity (Wildman–Crippen MR) is 99.6 cm³/mol. The average Bonchev–Trinajstić information content (AvgIpc) is 2.59. The molecule has 0 fully saturated rings. The third-order valence-corrected chi connectivity index (χ3v) is 3.93. The van der Waals surface area contributed by atoms with Gasteiger partial charge >= 0.3 is 17.9 Å². The summed E-state index contributed by atoms with van der Waals surface area (Å²) in [4.78, 5) is 35.1. The molecule has 0 heterocycles. The molecule has 0 unspecified atom stereocenters. The van der Waals surface area contributed by atoms with Crippen molar-refractivity contribution in [2.75, 3.05) is 13.2 Å². The van der Waals surface area contributed by atoms with E-state index in [4.69, 9.17) is 14.2 Å². The van der Waals surface area contributed by atoms with Gasteiger partial charge in [0, 0.05) is 6.92 Å². The van der Waals surface area contributed by atoms with Crippen LogP contribution in [0.4, 0.5) is 0 Å². The van der Waals surface area contributed by atoms with Crippen LogP contribution in [0.15, 0.2) is 0 Å². The van der Waals surface area contributed by atoms with Gasteiger partial charge < -0.3 is 14.2 Å². The monoisotopic (exact) mass is 372 g/mol. The van der Waals surface area contributed by atoms with Crippen LogP contribution < -0.4 is 0 Å². The molecule has 0 radical (unpaired) electrons. The first kappa shape index (κ1) is 24.4. The summed E-state index contributed by atoms with van der Waals surface area (Å²) in [6, 6.07) is 0. The highest BCUT2D eigenvalue weighted by Gasteiger charge is 2.27. The second-order valence-corrected chi connectivity index (χ2v) is 6.52. The quantitative estimate of drug-likeness (QED) is 0.228. The van der Waals surface area contributed by atoms with Crippen molar-refractivity contribution in [3.63, 3.8) is 0 Å². The van der Waals surface area contributed by atoms with Gasteiger partial charge in [-0.15, -0.1) is 0 Å². The SMILES string of the molecule is CCCCCCCOC(=O)C[C@H](OC(C)=O)C(=O)OCCCCCCC. The molecular weight excluding hydrogens is 336 g/mol. The van der Waals surface area contributed by atoms with Crippen LogP contribution in [-0.2, 0) is 28.6 Å². The second kappa shape index (κ2) is 16.9. The normalized spacial score (nSPS) is 11.7. The lowest BCUT2D eigenvalue weighted by Gasteiger charge is -2.15. The van der Waals surface area contributed by atoms with Crippen molar-refractivity contribution in [3.8, 4) is 0 Å². The van der Waals surface area contributed by atoms with Crippen LogP contribution in [0.5, 0.6) is 0 Å². The summed E-state index contributed by atoms with van der Waals surface area (Å²) in [6.45, 7) is 6.06. The molecule has 0 spiro atoms. The molecule has 0 aromatic heterocycles. The van der Waals surface area contributed by atoms with Gasteiger partial charge in [0.1, 0.15) is 0 Å². The maximum Gasteiger partial charge on any atom is 0.348 e.